The summed E-state index contributed by atoms with van der Waals surface area (Å²) < 4.78 is 0. The minimum Gasteiger partial charge on any atom is -0.358 e. The molecule has 1 aliphatic heterocycles. The summed E-state index contributed by atoms with van der Waals surface area (Å²) in [6, 6.07) is 0.616. The van der Waals surface area contributed by atoms with Gasteiger partial charge in [-0.3, -0.25) is 0 Å². The van der Waals surface area contributed by atoms with Gasteiger partial charge in [0, 0.05) is 22.9 Å². The van der Waals surface area contributed by atoms with Crippen LogP contribution in [0.1, 0.15) is 19.8 Å². The van der Waals surface area contributed by atoms with Crippen molar-refractivity contribution in [2.24, 2.45) is 0 Å². The first-order chi connectivity index (χ1) is 6.36. The highest BCUT2D eigenvalue weighted by Crippen LogP contribution is 2.27. The second kappa shape index (κ2) is 4.33. The molecule has 2 nitrogen and oxygen atoms in total. The number of nitrogens with zero attached hydrogens (tertiary/aromatic N) is 1. The molecule has 72 valence electrons. The van der Waals surface area contributed by atoms with E-state index in [1.165, 1.54) is 18.6 Å². The zero-order valence-electron chi connectivity index (χ0n) is 7.69. The third-order valence-corrected chi connectivity index (χ3v) is 4.43. The monoisotopic (exact) mass is 214 g/mol. The SMILES string of the molecule is CC1SCCCC1Nc1nccs1. The molecule has 1 aromatic heterocycles. The zero-order chi connectivity index (χ0) is 9.10. The molecular formula is C9H14N2S2. The minimum atomic E-state index is 0.616. The number of rotatable bonds is 2. The second-order valence-corrected chi connectivity index (χ2v) is 5.69. The average Bonchev–Trinajstić information content (AvgIpc) is 2.61. The molecule has 2 rings (SSSR count). The average molecular weight is 214 g/mol. The van der Waals surface area contributed by atoms with Crippen molar-refractivity contribution in [3.05, 3.63) is 11.6 Å². The summed E-state index contributed by atoms with van der Waals surface area (Å²) in [5, 5.41) is 7.30. The first kappa shape index (κ1) is 9.34. The van der Waals surface area contributed by atoms with Gasteiger partial charge in [0.25, 0.3) is 0 Å². The van der Waals surface area contributed by atoms with Crippen LogP contribution in [0, 0.1) is 0 Å². The van der Waals surface area contributed by atoms with Gasteiger partial charge >= 0.3 is 0 Å². The molecule has 2 heterocycles. The maximum atomic E-state index is 4.24. The molecule has 0 radical (unpaired) electrons. The normalized spacial score (nSPS) is 28.7. The highest BCUT2D eigenvalue weighted by molar-refractivity contribution is 8.00. The minimum absolute atomic E-state index is 0.616. The van der Waals surface area contributed by atoms with Crippen LogP contribution in [0.3, 0.4) is 0 Å². The first-order valence-electron chi connectivity index (χ1n) is 4.64. The lowest BCUT2D eigenvalue weighted by Crippen LogP contribution is -2.32. The summed E-state index contributed by atoms with van der Waals surface area (Å²) in [5.41, 5.74) is 0. The number of anilines is 1. The lowest BCUT2D eigenvalue weighted by molar-refractivity contribution is 0.617. The van der Waals surface area contributed by atoms with Gasteiger partial charge in [0.15, 0.2) is 5.13 Å². The fourth-order valence-corrected chi connectivity index (χ4v) is 3.30. The van der Waals surface area contributed by atoms with Crippen molar-refractivity contribution in [1.82, 2.24) is 4.98 Å². The van der Waals surface area contributed by atoms with E-state index in [1.54, 1.807) is 11.3 Å². The van der Waals surface area contributed by atoms with Gasteiger partial charge in [0.2, 0.25) is 0 Å². The van der Waals surface area contributed by atoms with Crippen molar-refractivity contribution < 1.29 is 0 Å². The van der Waals surface area contributed by atoms with E-state index in [2.05, 4.69) is 29.0 Å². The number of aromatic nitrogens is 1. The summed E-state index contributed by atoms with van der Waals surface area (Å²) in [6.45, 7) is 2.30. The van der Waals surface area contributed by atoms with Gasteiger partial charge < -0.3 is 5.32 Å². The quantitative estimate of drug-likeness (QED) is 0.819. The van der Waals surface area contributed by atoms with Gasteiger partial charge in [0.05, 0.1) is 0 Å². The molecular weight excluding hydrogens is 200 g/mol. The summed E-state index contributed by atoms with van der Waals surface area (Å²) in [5.74, 6) is 1.32. The Morgan fingerprint density at radius 2 is 2.54 bits per heavy atom. The first-order valence-corrected chi connectivity index (χ1v) is 6.57. The smallest absolute Gasteiger partial charge is 0.182 e. The molecule has 1 aromatic rings. The van der Waals surface area contributed by atoms with Crippen LogP contribution in [0.2, 0.25) is 0 Å². The van der Waals surface area contributed by atoms with Crippen LogP contribution >= 0.6 is 23.1 Å². The van der Waals surface area contributed by atoms with Crippen LogP contribution in [-0.2, 0) is 0 Å². The molecule has 0 spiro atoms. The zero-order valence-corrected chi connectivity index (χ0v) is 9.33. The van der Waals surface area contributed by atoms with E-state index in [0.717, 1.165) is 10.4 Å². The van der Waals surface area contributed by atoms with Crippen LogP contribution in [0.25, 0.3) is 0 Å². The van der Waals surface area contributed by atoms with Crippen LogP contribution in [0.4, 0.5) is 5.13 Å². The molecule has 4 heteroatoms. The Kier molecular flexibility index (Phi) is 3.11. The van der Waals surface area contributed by atoms with Gasteiger partial charge in [0.1, 0.15) is 0 Å². The van der Waals surface area contributed by atoms with Gasteiger partial charge in [-0.05, 0) is 18.6 Å². The predicted molar refractivity (Wildman–Crippen MR) is 60.7 cm³/mol. The van der Waals surface area contributed by atoms with Crippen molar-refractivity contribution in [2.75, 3.05) is 11.1 Å². The molecule has 13 heavy (non-hydrogen) atoms. The van der Waals surface area contributed by atoms with Gasteiger partial charge in [-0.1, -0.05) is 6.92 Å². The van der Waals surface area contributed by atoms with Gasteiger partial charge in [-0.2, -0.15) is 11.8 Å². The van der Waals surface area contributed by atoms with E-state index in [0.29, 0.717) is 6.04 Å². The van der Waals surface area contributed by atoms with Crippen LogP contribution in [0.5, 0.6) is 0 Å². The molecule has 0 aromatic carbocycles. The molecule has 0 amide bonds. The van der Waals surface area contributed by atoms with E-state index in [1.807, 2.05) is 11.6 Å². The van der Waals surface area contributed by atoms with Crippen molar-refractivity contribution in [3.8, 4) is 0 Å². The number of hydrogen-bond acceptors (Lipinski definition) is 4. The Morgan fingerprint density at radius 1 is 1.62 bits per heavy atom. The Hall–Kier alpha value is -0.220. The lowest BCUT2D eigenvalue weighted by Gasteiger charge is -2.28. The lowest BCUT2D eigenvalue weighted by atomic mass is 10.1. The molecule has 2 unspecified atom stereocenters. The molecule has 1 fully saturated rings. The summed E-state index contributed by atoms with van der Waals surface area (Å²) in [4.78, 5) is 4.24. The predicted octanol–water partition coefficient (Wildman–Crippen LogP) is 2.84. The van der Waals surface area contributed by atoms with Crippen molar-refractivity contribution in [2.45, 2.75) is 31.1 Å². The summed E-state index contributed by atoms with van der Waals surface area (Å²) in [6.07, 6.45) is 4.47. The standard InChI is InChI=1S/C9H14N2S2/c1-7-8(3-2-5-12-7)11-9-10-4-6-13-9/h4,6-8H,2-3,5H2,1H3,(H,10,11). The van der Waals surface area contributed by atoms with E-state index in [9.17, 15) is 0 Å². The molecule has 0 saturated carbocycles. The number of hydrogen-bond donors (Lipinski definition) is 1. The molecule has 1 aliphatic rings. The maximum Gasteiger partial charge on any atom is 0.182 e. The third kappa shape index (κ3) is 2.38. The summed E-state index contributed by atoms with van der Waals surface area (Å²) >= 11 is 3.75. The Balaban J connectivity index is 1.93. The topological polar surface area (TPSA) is 24.9 Å². The van der Waals surface area contributed by atoms with Gasteiger partial charge in [-0.15, -0.1) is 11.3 Å². The highest BCUT2D eigenvalue weighted by atomic mass is 32.2. The summed E-state index contributed by atoms with van der Waals surface area (Å²) in [7, 11) is 0. The Labute approximate surface area is 87.1 Å². The fourth-order valence-electron chi connectivity index (χ4n) is 1.57. The molecule has 1 N–H and O–H groups in total. The van der Waals surface area contributed by atoms with Gasteiger partial charge in [-0.25, -0.2) is 4.98 Å². The van der Waals surface area contributed by atoms with Crippen molar-refractivity contribution in [3.63, 3.8) is 0 Å². The Morgan fingerprint density at radius 3 is 3.23 bits per heavy atom. The van der Waals surface area contributed by atoms with E-state index in [4.69, 9.17) is 0 Å². The number of thiazole rings is 1. The Bertz CT molecular complexity index is 248. The van der Waals surface area contributed by atoms with E-state index < -0.39 is 0 Å². The van der Waals surface area contributed by atoms with E-state index >= 15 is 0 Å². The molecule has 1 saturated heterocycles. The molecule has 2 atom stereocenters. The number of thioether (sulfide) groups is 1. The van der Waals surface area contributed by atoms with Crippen LogP contribution in [0.15, 0.2) is 11.6 Å². The molecule has 0 bridgehead atoms. The van der Waals surface area contributed by atoms with Crippen molar-refractivity contribution >= 4 is 28.2 Å². The van der Waals surface area contributed by atoms with Crippen molar-refractivity contribution in [1.29, 1.82) is 0 Å². The maximum absolute atomic E-state index is 4.24. The van der Waals surface area contributed by atoms with Crippen LogP contribution < -0.4 is 5.32 Å². The van der Waals surface area contributed by atoms with E-state index in [-0.39, 0.29) is 0 Å². The number of nitrogens with one attached hydrogen (secondary N) is 1. The molecule has 0 aliphatic carbocycles. The third-order valence-electron chi connectivity index (χ3n) is 2.35. The largest absolute Gasteiger partial charge is 0.358 e. The van der Waals surface area contributed by atoms with Crippen LogP contribution in [-0.4, -0.2) is 22.0 Å². The second-order valence-electron chi connectivity index (χ2n) is 3.31. The fraction of sp³-hybridized carbons (Fsp3) is 0.667. The highest BCUT2D eigenvalue weighted by Gasteiger charge is 2.21.